The molecule has 2 heterocycles. The molecule has 0 spiro atoms. The summed E-state index contributed by atoms with van der Waals surface area (Å²) in [5.74, 6) is 0.250. The van der Waals surface area contributed by atoms with E-state index in [1.807, 2.05) is 23.6 Å². The van der Waals surface area contributed by atoms with Crippen LogP contribution in [0.15, 0.2) is 24.7 Å². The van der Waals surface area contributed by atoms with E-state index >= 15 is 0 Å². The molecule has 0 aliphatic heterocycles. The van der Waals surface area contributed by atoms with Gasteiger partial charge in [-0.15, -0.1) is 0 Å². The minimum absolute atomic E-state index is 0.128. The highest BCUT2D eigenvalue weighted by molar-refractivity contribution is 6.01. The number of rotatable bonds is 1. The van der Waals surface area contributed by atoms with E-state index in [-0.39, 0.29) is 12.1 Å². The molecule has 6 heteroatoms. The molecule has 3 rings (SSSR count). The Morgan fingerprint density at radius 2 is 2.06 bits per heavy atom. The summed E-state index contributed by atoms with van der Waals surface area (Å²) < 4.78 is 1.90. The number of nitrogens with two attached hydrogens (primary N) is 2. The van der Waals surface area contributed by atoms with Crippen molar-refractivity contribution in [2.24, 2.45) is 5.73 Å². The van der Waals surface area contributed by atoms with E-state index in [9.17, 15) is 0 Å². The molecule has 0 amide bonds. The second-order valence-electron chi connectivity index (χ2n) is 3.99. The van der Waals surface area contributed by atoms with E-state index in [4.69, 9.17) is 11.5 Å². The van der Waals surface area contributed by atoms with Crippen LogP contribution in [0, 0.1) is 0 Å². The zero-order chi connectivity index (χ0) is 12.0. The predicted molar refractivity (Wildman–Crippen MR) is 66.1 cm³/mol. The maximum absolute atomic E-state index is 5.86. The maximum atomic E-state index is 5.86. The molecule has 0 aliphatic carbocycles. The Balaban J connectivity index is 2.44. The van der Waals surface area contributed by atoms with Gasteiger partial charge in [-0.05, 0) is 19.1 Å². The molecule has 0 fully saturated rings. The van der Waals surface area contributed by atoms with Gasteiger partial charge in [0.05, 0.1) is 18.0 Å². The minimum atomic E-state index is -0.128. The van der Waals surface area contributed by atoms with Crippen molar-refractivity contribution in [2.75, 3.05) is 5.73 Å². The largest absolute Gasteiger partial charge is 0.368 e. The molecule has 6 nitrogen and oxygen atoms in total. The Kier molecular flexibility index (Phi) is 1.99. The molecule has 86 valence electrons. The van der Waals surface area contributed by atoms with E-state index in [2.05, 4.69) is 15.0 Å². The number of anilines is 1. The maximum Gasteiger partial charge on any atom is 0.220 e. The Bertz CT molecular complexity index is 700. The number of imidazole rings is 1. The van der Waals surface area contributed by atoms with Crippen LogP contribution in [0.4, 0.5) is 5.95 Å². The van der Waals surface area contributed by atoms with E-state index in [0.29, 0.717) is 0 Å². The molecule has 0 radical (unpaired) electrons. The van der Waals surface area contributed by atoms with E-state index in [0.717, 1.165) is 21.9 Å². The quantitative estimate of drug-likeness (QED) is 0.648. The second-order valence-corrected chi connectivity index (χ2v) is 3.99. The number of fused-ring (bicyclic) bond motifs is 3. The number of benzene rings is 1. The van der Waals surface area contributed by atoms with Gasteiger partial charge in [0.1, 0.15) is 11.0 Å². The van der Waals surface area contributed by atoms with Crippen molar-refractivity contribution < 1.29 is 0 Å². The number of aromatic nitrogens is 4. The molecule has 4 N–H and O–H groups in total. The van der Waals surface area contributed by atoms with Crippen molar-refractivity contribution in [3.63, 3.8) is 0 Å². The van der Waals surface area contributed by atoms with Gasteiger partial charge in [-0.3, -0.25) is 0 Å². The van der Waals surface area contributed by atoms with Gasteiger partial charge in [-0.2, -0.15) is 0 Å². The lowest BCUT2D eigenvalue weighted by atomic mass is 10.2. The SMILES string of the molecule is CC(N)n1cnc2c3nc(N)ncc3ccc21. The topological polar surface area (TPSA) is 95.6 Å². The fourth-order valence-corrected chi connectivity index (χ4v) is 1.93. The number of nitrogen functional groups attached to an aromatic ring is 1. The molecule has 1 atom stereocenters. The number of hydrogen-bond donors (Lipinski definition) is 2. The predicted octanol–water partition coefficient (Wildman–Crippen LogP) is 1.04. The third kappa shape index (κ3) is 1.42. The van der Waals surface area contributed by atoms with Gasteiger partial charge in [0.2, 0.25) is 5.95 Å². The minimum Gasteiger partial charge on any atom is -0.368 e. The molecule has 0 aliphatic rings. The molecule has 2 aromatic heterocycles. The highest BCUT2D eigenvalue weighted by Crippen LogP contribution is 2.23. The van der Waals surface area contributed by atoms with Crippen LogP contribution in [0.1, 0.15) is 13.1 Å². The van der Waals surface area contributed by atoms with Crippen molar-refractivity contribution in [2.45, 2.75) is 13.1 Å². The van der Waals surface area contributed by atoms with Crippen molar-refractivity contribution in [3.8, 4) is 0 Å². The van der Waals surface area contributed by atoms with E-state index < -0.39 is 0 Å². The molecular weight excluding hydrogens is 216 g/mol. The molecule has 0 saturated heterocycles. The molecule has 1 aromatic carbocycles. The van der Waals surface area contributed by atoms with Crippen LogP contribution in [0.5, 0.6) is 0 Å². The van der Waals surface area contributed by atoms with Crippen LogP contribution in [-0.2, 0) is 0 Å². The summed E-state index contributed by atoms with van der Waals surface area (Å²) in [6.45, 7) is 1.90. The van der Waals surface area contributed by atoms with Gasteiger partial charge >= 0.3 is 0 Å². The summed E-state index contributed by atoms with van der Waals surface area (Å²) in [5, 5.41) is 0.918. The summed E-state index contributed by atoms with van der Waals surface area (Å²) in [5.41, 5.74) is 14.0. The van der Waals surface area contributed by atoms with Crippen molar-refractivity contribution in [1.29, 1.82) is 0 Å². The first-order valence-electron chi connectivity index (χ1n) is 5.30. The lowest BCUT2D eigenvalue weighted by Gasteiger charge is -2.08. The second kappa shape index (κ2) is 3.39. The standard InChI is InChI=1S/C11H12N6/c1-6(12)17-5-15-10-8(17)3-2-7-4-14-11(13)16-9(7)10/h2-6H,12H2,1H3,(H2,13,14,16). The summed E-state index contributed by atoms with van der Waals surface area (Å²) in [4.78, 5) is 12.5. The van der Waals surface area contributed by atoms with Crippen LogP contribution in [0.2, 0.25) is 0 Å². The lowest BCUT2D eigenvalue weighted by Crippen LogP contribution is -2.13. The van der Waals surface area contributed by atoms with Crippen LogP contribution < -0.4 is 11.5 Å². The Hall–Kier alpha value is -2.21. The average molecular weight is 228 g/mol. The first-order chi connectivity index (χ1) is 8.16. The van der Waals surface area contributed by atoms with Gasteiger partial charge in [-0.1, -0.05) is 0 Å². The smallest absolute Gasteiger partial charge is 0.220 e. The summed E-state index contributed by atoms with van der Waals surface area (Å²) in [6.07, 6.45) is 3.28. The Morgan fingerprint density at radius 3 is 2.82 bits per heavy atom. The van der Waals surface area contributed by atoms with Crippen LogP contribution in [0.3, 0.4) is 0 Å². The van der Waals surface area contributed by atoms with Crippen molar-refractivity contribution in [1.82, 2.24) is 19.5 Å². The molecular formula is C11H12N6. The lowest BCUT2D eigenvalue weighted by molar-refractivity contribution is 0.588. The van der Waals surface area contributed by atoms with Crippen molar-refractivity contribution in [3.05, 3.63) is 24.7 Å². The van der Waals surface area contributed by atoms with Crippen molar-refractivity contribution >= 4 is 27.9 Å². The number of nitrogens with zero attached hydrogens (tertiary/aromatic N) is 4. The van der Waals surface area contributed by atoms with Gasteiger partial charge in [-0.25, -0.2) is 15.0 Å². The van der Waals surface area contributed by atoms with Crippen LogP contribution >= 0.6 is 0 Å². The zero-order valence-electron chi connectivity index (χ0n) is 9.33. The van der Waals surface area contributed by atoms with Gasteiger partial charge in [0, 0.05) is 11.6 Å². The molecule has 17 heavy (non-hydrogen) atoms. The third-order valence-electron chi connectivity index (χ3n) is 2.75. The number of hydrogen-bond acceptors (Lipinski definition) is 5. The van der Waals surface area contributed by atoms with Crippen LogP contribution in [-0.4, -0.2) is 19.5 Å². The molecule has 3 aromatic rings. The fourth-order valence-electron chi connectivity index (χ4n) is 1.93. The van der Waals surface area contributed by atoms with E-state index in [1.54, 1.807) is 12.5 Å². The van der Waals surface area contributed by atoms with Crippen LogP contribution in [0.25, 0.3) is 21.9 Å². The highest BCUT2D eigenvalue weighted by atomic mass is 15.1. The summed E-state index contributed by atoms with van der Waals surface area (Å²) >= 11 is 0. The molecule has 1 unspecified atom stereocenters. The van der Waals surface area contributed by atoms with E-state index in [1.165, 1.54) is 0 Å². The Morgan fingerprint density at radius 1 is 1.24 bits per heavy atom. The highest BCUT2D eigenvalue weighted by Gasteiger charge is 2.10. The molecule has 0 bridgehead atoms. The zero-order valence-corrected chi connectivity index (χ0v) is 9.33. The fraction of sp³-hybridized carbons (Fsp3) is 0.182. The summed E-state index contributed by atoms with van der Waals surface area (Å²) in [7, 11) is 0. The first-order valence-corrected chi connectivity index (χ1v) is 5.30. The van der Waals surface area contributed by atoms with Gasteiger partial charge in [0.25, 0.3) is 0 Å². The Labute approximate surface area is 97.3 Å². The molecule has 0 saturated carbocycles. The monoisotopic (exact) mass is 228 g/mol. The third-order valence-corrected chi connectivity index (χ3v) is 2.75. The average Bonchev–Trinajstić information content (AvgIpc) is 2.72. The summed E-state index contributed by atoms with van der Waals surface area (Å²) in [6, 6.07) is 3.91. The first kappa shape index (κ1) is 9.98. The van der Waals surface area contributed by atoms with Gasteiger partial charge < -0.3 is 16.0 Å². The van der Waals surface area contributed by atoms with Gasteiger partial charge in [0.15, 0.2) is 0 Å². The normalized spacial score (nSPS) is 13.3.